The summed E-state index contributed by atoms with van der Waals surface area (Å²) >= 11 is 0. The fourth-order valence-corrected chi connectivity index (χ4v) is 3.02. The second-order valence-corrected chi connectivity index (χ2v) is 7.38. The minimum Gasteiger partial charge on any atom is -0.491 e. The highest BCUT2D eigenvalue weighted by molar-refractivity contribution is 5.79. The van der Waals surface area contributed by atoms with Crippen LogP contribution in [-0.4, -0.2) is 51.8 Å². The van der Waals surface area contributed by atoms with Crippen LogP contribution in [0.3, 0.4) is 0 Å². The second kappa shape index (κ2) is 12.9. The summed E-state index contributed by atoms with van der Waals surface area (Å²) in [4.78, 5) is 6.64. The monoisotopic (exact) mass is 412 g/mol. The topological polar surface area (TPSA) is 58.1 Å². The van der Waals surface area contributed by atoms with Gasteiger partial charge in [0.1, 0.15) is 12.4 Å². The quantitative estimate of drug-likeness (QED) is 0.337. The van der Waals surface area contributed by atoms with Crippen molar-refractivity contribution in [2.24, 2.45) is 4.99 Å². The molecule has 0 saturated carbocycles. The summed E-state index contributed by atoms with van der Waals surface area (Å²) in [5.74, 6) is 1.64. The SMILES string of the molecule is CCN(C)Cc1cccc(CNC(=NC)NCc2ccc(C)cc2OCCOC)c1. The molecule has 0 aliphatic carbocycles. The molecule has 2 rings (SSSR count). The lowest BCUT2D eigenvalue weighted by molar-refractivity contribution is 0.145. The number of ether oxygens (including phenoxy) is 2. The number of aliphatic imine (C=N–C) groups is 1. The van der Waals surface area contributed by atoms with E-state index in [1.54, 1.807) is 14.2 Å². The third-order valence-electron chi connectivity index (χ3n) is 4.88. The Kier molecular flexibility index (Phi) is 10.2. The predicted molar refractivity (Wildman–Crippen MR) is 124 cm³/mol. The van der Waals surface area contributed by atoms with Gasteiger partial charge in [-0.25, -0.2) is 0 Å². The Morgan fingerprint density at radius 3 is 2.53 bits per heavy atom. The number of nitrogens with one attached hydrogen (secondary N) is 2. The molecule has 0 saturated heterocycles. The number of hydrogen-bond acceptors (Lipinski definition) is 4. The van der Waals surface area contributed by atoms with E-state index in [0.717, 1.165) is 30.4 Å². The summed E-state index contributed by atoms with van der Waals surface area (Å²) in [7, 11) is 5.59. The molecule has 0 aromatic heterocycles. The zero-order valence-electron chi connectivity index (χ0n) is 19.0. The summed E-state index contributed by atoms with van der Waals surface area (Å²) in [5, 5.41) is 6.78. The molecular weight excluding hydrogens is 376 g/mol. The molecule has 2 N–H and O–H groups in total. The van der Waals surface area contributed by atoms with Crippen LogP contribution in [0.2, 0.25) is 0 Å². The summed E-state index contributed by atoms with van der Waals surface area (Å²) < 4.78 is 11.0. The van der Waals surface area contributed by atoms with Crippen molar-refractivity contribution < 1.29 is 9.47 Å². The highest BCUT2D eigenvalue weighted by Gasteiger charge is 2.07. The molecule has 0 amide bonds. The summed E-state index contributed by atoms with van der Waals surface area (Å²) in [6.45, 7) is 8.67. The van der Waals surface area contributed by atoms with Crippen LogP contribution < -0.4 is 15.4 Å². The van der Waals surface area contributed by atoms with Crippen LogP contribution in [0.5, 0.6) is 5.75 Å². The van der Waals surface area contributed by atoms with Crippen molar-refractivity contribution in [2.45, 2.75) is 33.5 Å². The largest absolute Gasteiger partial charge is 0.491 e. The first-order valence-corrected chi connectivity index (χ1v) is 10.5. The van der Waals surface area contributed by atoms with Crippen molar-refractivity contribution in [1.82, 2.24) is 15.5 Å². The third-order valence-corrected chi connectivity index (χ3v) is 4.88. The van der Waals surface area contributed by atoms with Crippen LogP contribution >= 0.6 is 0 Å². The van der Waals surface area contributed by atoms with Gasteiger partial charge in [-0.15, -0.1) is 0 Å². The molecule has 30 heavy (non-hydrogen) atoms. The average molecular weight is 413 g/mol. The molecule has 2 aromatic carbocycles. The standard InChI is InChI=1S/C24H36N4O2/c1-6-28(4)18-21-9-7-8-20(15-21)16-26-24(25-3)27-17-22-11-10-19(2)14-23(22)30-13-12-29-5/h7-11,14-15H,6,12-13,16-18H2,1-5H3,(H2,25,26,27). The van der Waals surface area contributed by atoms with E-state index in [4.69, 9.17) is 9.47 Å². The average Bonchev–Trinajstić information content (AvgIpc) is 2.75. The van der Waals surface area contributed by atoms with Gasteiger partial charge in [0.15, 0.2) is 5.96 Å². The van der Waals surface area contributed by atoms with Gasteiger partial charge in [-0.2, -0.15) is 0 Å². The van der Waals surface area contributed by atoms with Crippen molar-refractivity contribution in [3.63, 3.8) is 0 Å². The van der Waals surface area contributed by atoms with Crippen LogP contribution in [0.4, 0.5) is 0 Å². The Balaban J connectivity index is 1.92. The highest BCUT2D eigenvalue weighted by Crippen LogP contribution is 2.20. The van der Waals surface area contributed by atoms with Gasteiger partial charge in [0.05, 0.1) is 6.61 Å². The highest BCUT2D eigenvalue weighted by atomic mass is 16.5. The first-order valence-electron chi connectivity index (χ1n) is 10.5. The summed E-state index contributed by atoms with van der Waals surface area (Å²) in [6.07, 6.45) is 0. The molecule has 0 bridgehead atoms. The van der Waals surface area contributed by atoms with Crippen molar-refractivity contribution in [3.05, 3.63) is 64.7 Å². The fourth-order valence-electron chi connectivity index (χ4n) is 3.02. The zero-order valence-corrected chi connectivity index (χ0v) is 19.0. The normalized spacial score (nSPS) is 11.6. The van der Waals surface area contributed by atoms with Crippen LogP contribution in [0.15, 0.2) is 47.5 Å². The van der Waals surface area contributed by atoms with Crippen molar-refractivity contribution in [2.75, 3.05) is 41.0 Å². The fraction of sp³-hybridized carbons (Fsp3) is 0.458. The van der Waals surface area contributed by atoms with E-state index in [9.17, 15) is 0 Å². The van der Waals surface area contributed by atoms with E-state index < -0.39 is 0 Å². The van der Waals surface area contributed by atoms with E-state index in [0.29, 0.717) is 26.3 Å². The molecule has 0 aliphatic heterocycles. The van der Waals surface area contributed by atoms with Gasteiger partial charge < -0.3 is 25.0 Å². The Morgan fingerprint density at radius 2 is 1.80 bits per heavy atom. The number of methoxy groups -OCH3 is 1. The second-order valence-electron chi connectivity index (χ2n) is 7.38. The van der Waals surface area contributed by atoms with Gasteiger partial charge in [-0.1, -0.05) is 43.3 Å². The number of hydrogen-bond donors (Lipinski definition) is 2. The first kappa shape index (κ1) is 23.7. The van der Waals surface area contributed by atoms with Crippen LogP contribution in [0, 0.1) is 6.92 Å². The van der Waals surface area contributed by atoms with E-state index in [-0.39, 0.29) is 0 Å². The van der Waals surface area contributed by atoms with Crippen LogP contribution in [-0.2, 0) is 24.4 Å². The molecule has 2 aromatic rings. The van der Waals surface area contributed by atoms with E-state index in [1.807, 2.05) is 0 Å². The Bertz CT molecular complexity index is 808. The van der Waals surface area contributed by atoms with Crippen LogP contribution in [0.25, 0.3) is 0 Å². The summed E-state index contributed by atoms with van der Waals surface area (Å²) in [6, 6.07) is 14.9. The number of benzene rings is 2. The molecule has 6 heteroatoms. The van der Waals surface area contributed by atoms with Gasteiger partial charge in [-0.3, -0.25) is 4.99 Å². The van der Waals surface area contributed by atoms with Gasteiger partial charge >= 0.3 is 0 Å². The molecule has 6 nitrogen and oxygen atoms in total. The van der Waals surface area contributed by atoms with Gasteiger partial charge in [0.25, 0.3) is 0 Å². The molecule has 0 aliphatic rings. The lowest BCUT2D eigenvalue weighted by Crippen LogP contribution is -2.36. The minimum atomic E-state index is 0.531. The first-order chi connectivity index (χ1) is 14.5. The van der Waals surface area contributed by atoms with Gasteiger partial charge in [0.2, 0.25) is 0 Å². The number of aryl methyl sites for hydroxylation is 1. The minimum absolute atomic E-state index is 0.531. The van der Waals surface area contributed by atoms with Gasteiger partial charge in [-0.05, 0) is 43.3 Å². The molecule has 0 radical (unpaired) electrons. The lowest BCUT2D eigenvalue weighted by Gasteiger charge is -2.16. The predicted octanol–water partition coefficient (Wildman–Crippen LogP) is 3.34. The van der Waals surface area contributed by atoms with E-state index >= 15 is 0 Å². The molecule has 0 spiro atoms. The Labute approximate surface area is 181 Å². The number of guanidine groups is 1. The van der Waals surface area contributed by atoms with Crippen LogP contribution in [0.1, 0.15) is 29.2 Å². The third kappa shape index (κ3) is 8.05. The zero-order chi connectivity index (χ0) is 21.8. The molecule has 0 heterocycles. The Morgan fingerprint density at radius 1 is 1.03 bits per heavy atom. The maximum Gasteiger partial charge on any atom is 0.191 e. The molecule has 164 valence electrons. The lowest BCUT2D eigenvalue weighted by atomic mass is 10.1. The Hall–Kier alpha value is -2.57. The molecule has 0 unspecified atom stereocenters. The van der Waals surface area contributed by atoms with Crippen molar-refractivity contribution in [1.29, 1.82) is 0 Å². The van der Waals surface area contributed by atoms with Crippen molar-refractivity contribution in [3.8, 4) is 5.75 Å². The van der Waals surface area contributed by atoms with Gasteiger partial charge in [0, 0.05) is 39.4 Å². The molecular formula is C24H36N4O2. The smallest absolute Gasteiger partial charge is 0.191 e. The number of rotatable bonds is 11. The molecule has 0 fully saturated rings. The maximum absolute atomic E-state index is 5.88. The summed E-state index contributed by atoms with van der Waals surface area (Å²) in [5.41, 5.74) is 4.81. The van der Waals surface area contributed by atoms with Crippen molar-refractivity contribution >= 4 is 5.96 Å². The van der Waals surface area contributed by atoms with E-state index in [1.165, 1.54) is 16.7 Å². The van der Waals surface area contributed by atoms with E-state index in [2.05, 4.69) is 83.9 Å². The maximum atomic E-state index is 5.88. The molecule has 0 atom stereocenters. The number of nitrogens with zero attached hydrogens (tertiary/aromatic N) is 2.